The van der Waals surface area contributed by atoms with E-state index in [1.54, 1.807) is 19.1 Å². The molecule has 2 fully saturated rings. The van der Waals surface area contributed by atoms with Gasteiger partial charge in [0.2, 0.25) is 0 Å². The predicted octanol–water partition coefficient (Wildman–Crippen LogP) is 3.02. The van der Waals surface area contributed by atoms with Crippen molar-refractivity contribution >= 4 is 40.7 Å². The zero-order valence-electron chi connectivity index (χ0n) is 13.9. The molecule has 0 bridgehead atoms. The first kappa shape index (κ1) is 18.4. The minimum Gasteiger partial charge on any atom is -0.442 e. The summed E-state index contributed by atoms with van der Waals surface area (Å²) in [4.78, 5) is 14.1. The van der Waals surface area contributed by atoms with E-state index in [1.807, 2.05) is 0 Å². The molecule has 2 heterocycles. The highest BCUT2D eigenvalue weighted by molar-refractivity contribution is 7.99. The summed E-state index contributed by atoms with van der Waals surface area (Å²) in [7, 11) is 0. The van der Waals surface area contributed by atoms with Crippen LogP contribution in [0.2, 0.25) is 0 Å². The van der Waals surface area contributed by atoms with Crippen LogP contribution in [0.15, 0.2) is 18.2 Å². The van der Waals surface area contributed by atoms with Crippen LogP contribution in [0.25, 0.3) is 0 Å². The van der Waals surface area contributed by atoms with Crippen molar-refractivity contribution in [3.05, 3.63) is 29.6 Å². The normalized spacial score (nSPS) is 26.4. The van der Waals surface area contributed by atoms with Crippen molar-refractivity contribution in [2.75, 3.05) is 23.7 Å². The van der Waals surface area contributed by atoms with Gasteiger partial charge in [0.25, 0.3) is 0 Å². The first-order valence-electron chi connectivity index (χ1n) is 8.25. The molecule has 2 aliphatic heterocycles. The number of nitrogens with zero attached hydrogens (tertiary/aromatic N) is 1. The fourth-order valence-electron chi connectivity index (χ4n) is 3.17. The van der Waals surface area contributed by atoms with Crippen LogP contribution >= 0.6 is 24.0 Å². The molecule has 2 aliphatic rings. The molecule has 1 amide bonds. The number of anilines is 1. The fourth-order valence-corrected chi connectivity index (χ4v) is 4.31. The molecule has 25 heavy (non-hydrogen) atoms. The lowest BCUT2D eigenvalue weighted by Crippen LogP contribution is -2.32. The molecule has 3 unspecified atom stereocenters. The molecule has 0 aromatic heterocycles. The maximum absolute atomic E-state index is 14.6. The maximum Gasteiger partial charge on any atom is 0.414 e. The van der Waals surface area contributed by atoms with E-state index >= 15 is 0 Å². The predicted molar refractivity (Wildman–Crippen MR) is 101 cm³/mol. The number of nitrogens with one attached hydrogen (secondary N) is 1. The van der Waals surface area contributed by atoms with Crippen LogP contribution in [0.4, 0.5) is 14.9 Å². The highest BCUT2D eigenvalue weighted by Gasteiger charge is 2.33. The largest absolute Gasteiger partial charge is 0.442 e. The lowest BCUT2D eigenvalue weighted by molar-refractivity contribution is 0.143. The summed E-state index contributed by atoms with van der Waals surface area (Å²) in [6.45, 7) is 2.56. The zero-order chi connectivity index (χ0) is 18.0. The molecule has 0 spiro atoms. The van der Waals surface area contributed by atoms with Crippen molar-refractivity contribution in [3.63, 3.8) is 0 Å². The first-order chi connectivity index (χ1) is 11.9. The number of thioether (sulfide) groups is 1. The molecule has 136 valence electrons. The van der Waals surface area contributed by atoms with Gasteiger partial charge in [-0.3, -0.25) is 4.90 Å². The molecule has 2 N–H and O–H groups in total. The SMILES string of the molecule is CC(=S)NCC1CN(c2ccc(C3CCSC(O)C3)c(F)c2)C(=O)O1. The van der Waals surface area contributed by atoms with Crippen LogP contribution in [0.3, 0.4) is 0 Å². The lowest BCUT2D eigenvalue weighted by Gasteiger charge is -2.26. The van der Waals surface area contributed by atoms with Gasteiger partial charge in [-0.2, -0.15) is 0 Å². The molecule has 3 atom stereocenters. The average molecular weight is 384 g/mol. The number of aliphatic hydroxyl groups excluding tert-OH is 1. The second-order valence-corrected chi connectivity index (χ2v) is 8.20. The molecule has 0 radical (unpaired) electrons. The Bertz CT molecular complexity index is 673. The van der Waals surface area contributed by atoms with E-state index in [2.05, 4.69) is 5.32 Å². The number of hydrogen-bond acceptors (Lipinski definition) is 5. The third kappa shape index (κ3) is 4.43. The fraction of sp³-hybridized carbons (Fsp3) is 0.529. The number of hydrogen-bond donors (Lipinski definition) is 2. The van der Waals surface area contributed by atoms with Gasteiger partial charge in [0, 0.05) is 0 Å². The number of carbonyl (C=O) groups excluding carboxylic acids is 1. The van der Waals surface area contributed by atoms with E-state index in [0.717, 1.165) is 12.2 Å². The quantitative estimate of drug-likeness (QED) is 0.778. The van der Waals surface area contributed by atoms with E-state index in [-0.39, 0.29) is 17.8 Å². The Balaban J connectivity index is 1.70. The smallest absolute Gasteiger partial charge is 0.414 e. The molecule has 3 rings (SSSR count). The average Bonchev–Trinajstić information content (AvgIpc) is 2.94. The molecule has 2 saturated heterocycles. The summed E-state index contributed by atoms with van der Waals surface area (Å²) in [6.07, 6.45) is 0.593. The minimum atomic E-state index is -0.481. The minimum absolute atomic E-state index is 0.0124. The number of amides is 1. The van der Waals surface area contributed by atoms with E-state index < -0.39 is 11.5 Å². The zero-order valence-corrected chi connectivity index (χ0v) is 15.5. The van der Waals surface area contributed by atoms with E-state index in [1.165, 1.54) is 22.7 Å². The number of carbonyl (C=O) groups is 1. The topological polar surface area (TPSA) is 61.8 Å². The Morgan fingerprint density at radius 2 is 2.36 bits per heavy atom. The molecule has 0 saturated carbocycles. The Hall–Kier alpha value is -1.38. The second kappa shape index (κ2) is 7.88. The molecule has 1 aromatic rings. The van der Waals surface area contributed by atoms with E-state index in [9.17, 15) is 14.3 Å². The summed E-state index contributed by atoms with van der Waals surface area (Å²) in [5, 5.41) is 12.7. The molecule has 0 aliphatic carbocycles. The van der Waals surface area contributed by atoms with Crippen molar-refractivity contribution in [3.8, 4) is 0 Å². The van der Waals surface area contributed by atoms with Crippen molar-refractivity contribution in [1.82, 2.24) is 5.32 Å². The summed E-state index contributed by atoms with van der Waals surface area (Å²) in [5.74, 6) is 0.489. The van der Waals surface area contributed by atoms with Crippen LogP contribution in [0, 0.1) is 5.82 Å². The van der Waals surface area contributed by atoms with Gasteiger partial charge in [-0.15, -0.1) is 11.8 Å². The van der Waals surface area contributed by atoms with Gasteiger partial charge < -0.3 is 15.2 Å². The van der Waals surface area contributed by atoms with Gasteiger partial charge in [0.05, 0.1) is 29.2 Å². The Kier molecular flexibility index (Phi) is 5.81. The van der Waals surface area contributed by atoms with Gasteiger partial charge in [-0.25, -0.2) is 9.18 Å². The summed E-state index contributed by atoms with van der Waals surface area (Å²) < 4.78 is 19.9. The Morgan fingerprint density at radius 3 is 3.04 bits per heavy atom. The van der Waals surface area contributed by atoms with E-state index in [4.69, 9.17) is 17.0 Å². The summed E-state index contributed by atoms with van der Waals surface area (Å²) >= 11 is 6.45. The molecular formula is C17H21FN2O3S2. The number of benzene rings is 1. The third-order valence-electron chi connectivity index (χ3n) is 4.45. The summed E-state index contributed by atoms with van der Waals surface area (Å²) in [5.41, 5.74) is 0.646. The van der Waals surface area contributed by atoms with Crippen LogP contribution in [-0.2, 0) is 4.74 Å². The molecule has 8 heteroatoms. The van der Waals surface area contributed by atoms with Gasteiger partial charge in [0.1, 0.15) is 11.9 Å². The number of halogens is 1. The lowest BCUT2D eigenvalue weighted by atomic mass is 9.92. The Morgan fingerprint density at radius 1 is 1.56 bits per heavy atom. The number of aliphatic hydroxyl groups is 1. The van der Waals surface area contributed by atoms with Gasteiger partial charge in [-0.1, -0.05) is 18.3 Å². The molecular weight excluding hydrogens is 363 g/mol. The van der Waals surface area contributed by atoms with Crippen LogP contribution in [0.1, 0.15) is 31.2 Å². The summed E-state index contributed by atoms with van der Waals surface area (Å²) in [6, 6.07) is 4.84. The molecule has 1 aromatic carbocycles. The van der Waals surface area contributed by atoms with Crippen LogP contribution in [0.5, 0.6) is 0 Å². The van der Waals surface area contributed by atoms with E-state index in [0.29, 0.717) is 35.7 Å². The van der Waals surface area contributed by atoms with Crippen LogP contribution in [-0.4, -0.2) is 46.6 Å². The van der Waals surface area contributed by atoms with Gasteiger partial charge >= 0.3 is 6.09 Å². The Labute approximate surface area is 155 Å². The maximum atomic E-state index is 14.6. The van der Waals surface area contributed by atoms with Crippen molar-refractivity contribution in [2.24, 2.45) is 0 Å². The number of ether oxygens (including phenoxy) is 1. The van der Waals surface area contributed by atoms with Gasteiger partial charge in [-0.05, 0) is 49.1 Å². The van der Waals surface area contributed by atoms with Gasteiger partial charge in [0.15, 0.2) is 0 Å². The molecule has 5 nitrogen and oxygen atoms in total. The number of thiocarbonyl (C=S) groups is 1. The van der Waals surface area contributed by atoms with Crippen LogP contribution < -0.4 is 10.2 Å². The monoisotopic (exact) mass is 384 g/mol. The number of cyclic esters (lactones) is 1. The second-order valence-electron chi connectivity index (χ2n) is 6.31. The first-order valence-corrected chi connectivity index (χ1v) is 9.71. The van der Waals surface area contributed by atoms with Crippen molar-refractivity contribution in [2.45, 2.75) is 37.2 Å². The van der Waals surface area contributed by atoms with Crippen molar-refractivity contribution in [1.29, 1.82) is 0 Å². The standard InChI is InChI=1S/C17H21FN2O3S2/c1-10(24)19-8-13-9-20(17(22)23-13)12-2-3-14(15(18)7-12)11-4-5-25-16(21)6-11/h2-3,7,11,13,16,21H,4-6,8-9H2,1H3,(H,19,24). The third-order valence-corrected chi connectivity index (χ3v) is 5.64. The van der Waals surface area contributed by atoms with Crippen molar-refractivity contribution < 1.29 is 19.0 Å². The number of rotatable bonds is 4. The highest BCUT2D eigenvalue weighted by Crippen LogP contribution is 2.37. The highest BCUT2D eigenvalue weighted by atomic mass is 32.2.